The average Bonchev–Trinajstić information content (AvgIpc) is 3.10. The third-order valence-corrected chi connectivity index (χ3v) is 4.06. The van der Waals surface area contributed by atoms with Crippen LogP contribution in [-0.4, -0.2) is 28.1 Å². The van der Waals surface area contributed by atoms with E-state index in [1.54, 1.807) is 6.07 Å². The van der Waals surface area contributed by atoms with Crippen LogP contribution in [0.3, 0.4) is 0 Å². The molecule has 1 heterocycles. The number of hydrogen-bond acceptors (Lipinski definition) is 3. The molecule has 0 atom stereocenters. The summed E-state index contributed by atoms with van der Waals surface area (Å²) in [7, 11) is 1.51. The third kappa shape index (κ3) is 2.90. The lowest BCUT2D eigenvalue weighted by Crippen LogP contribution is -2.28. The lowest BCUT2D eigenvalue weighted by atomic mass is 9.99. The highest BCUT2D eigenvalue weighted by Gasteiger charge is 2.19. The Labute approximate surface area is 139 Å². The molecular formula is C18H17FN4O. The first-order valence-corrected chi connectivity index (χ1v) is 7.48. The van der Waals surface area contributed by atoms with E-state index in [9.17, 15) is 9.18 Å². The minimum Gasteiger partial charge on any atom is -0.280 e. The molecule has 0 aliphatic carbocycles. The summed E-state index contributed by atoms with van der Waals surface area (Å²) in [5, 5.41) is 6.26. The molecule has 1 amide bonds. The minimum absolute atomic E-state index is 0.0125. The first-order valence-electron chi connectivity index (χ1n) is 7.48. The van der Waals surface area contributed by atoms with Gasteiger partial charge in [0.15, 0.2) is 0 Å². The Morgan fingerprint density at radius 3 is 2.42 bits per heavy atom. The van der Waals surface area contributed by atoms with Crippen molar-refractivity contribution in [2.75, 3.05) is 11.9 Å². The van der Waals surface area contributed by atoms with Gasteiger partial charge in [-0.15, -0.1) is 0 Å². The number of rotatable bonds is 3. The number of aryl methyl sites for hydroxylation is 2. The Bertz CT molecular complexity index is 890. The van der Waals surface area contributed by atoms with Crippen molar-refractivity contribution in [1.82, 2.24) is 15.2 Å². The molecule has 0 spiro atoms. The quantitative estimate of drug-likeness (QED) is 0.802. The van der Waals surface area contributed by atoms with Crippen LogP contribution in [0.5, 0.6) is 0 Å². The monoisotopic (exact) mass is 324 g/mol. The summed E-state index contributed by atoms with van der Waals surface area (Å²) in [5.74, 6) is -0.796. The number of anilines is 1. The van der Waals surface area contributed by atoms with E-state index in [1.165, 1.54) is 36.0 Å². The maximum Gasteiger partial charge on any atom is 0.263 e. The molecule has 5 nitrogen and oxygen atoms in total. The summed E-state index contributed by atoms with van der Waals surface area (Å²) in [4.78, 5) is 17.5. The molecule has 0 aliphatic heterocycles. The fraction of sp³-hybridized carbons (Fsp3) is 0.167. The zero-order valence-electron chi connectivity index (χ0n) is 13.7. The predicted molar refractivity (Wildman–Crippen MR) is 90.4 cm³/mol. The Kier molecular flexibility index (Phi) is 4.12. The highest BCUT2D eigenvalue weighted by Crippen LogP contribution is 2.25. The molecule has 0 aliphatic rings. The van der Waals surface area contributed by atoms with Crippen LogP contribution in [0.15, 0.2) is 42.7 Å². The van der Waals surface area contributed by atoms with E-state index in [-0.39, 0.29) is 11.5 Å². The number of nitrogens with one attached hydrogen (secondary N) is 1. The van der Waals surface area contributed by atoms with Crippen LogP contribution in [0, 0.1) is 19.7 Å². The van der Waals surface area contributed by atoms with Crippen LogP contribution in [0.4, 0.5) is 10.3 Å². The van der Waals surface area contributed by atoms with Crippen molar-refractivity contribution in [2.45, 2.75) is 13.8 Å². The average molecular weight is 324 g/mol. The van der Waals surface area contributed by atoms with Crippen molar-refractivity contribution in [3.05, 3.63) is 65.2 Å². The Hall–Kier alpha value is -3.02. The van der Waals surface area contributed by atoms with Gasteiger partial charge >= 0.3 is 0 Å². The van der Waals surface area contributed by atoms with Crippen LogP contribution in [-0.2, 0) is 0 Å². The number of nitrogens with zero attached hydrogens (tertiary/aromatic N) is 3. The molecular weight excluding hydrogens is 307 g/mol. The molecule has 1 aromatic heterocycles. The fourth-order valence-electron chi connectivity index (χ4n) is 2.43. The second-order valence-electron chi connectivity index (χ2n) is 5.67. The second-order valence-corrected chi connectivity index (χ2v) is 5.67. The van der Waals surface area contributed by atoms with Gasteiger partial charge in [0.2, 0.25) is 5.95 Å². The molecule has 0 saturated carbocycles. The number of hydrogen-bond donors (Lipinski definition) is 1. The van der Waals surface area contributed by atoms with Gasteiger partial charge in [-0.1, -0.05) is 24.3 Å². The standard InChI is InChI=1S/C18H17FN4O/c1-11-4-5-13(8-12(11)2)14-6-7-15(16(19)9-14)17(24)23(3)18-20-10-21-22-18/h4-10H,1-3H3,(H,20,21,22). The van der Waals surface area contributed by atoms with Crippen molar-refractivity contribution >= 4 is 11.9 Å². The van der Waals surface area contributed by atoms with Crippen molar-refractivity contribution in [1.29, 1.82) is 0 Å². The zero-order valence-corrected chi connectivity index (χ0v) is 13.7. The lowest BCUT2D eigenvalue weighted by Gasteiger charge is -2.14. The van der Waals surface area contributed by atoms with Crippen LogP contribution >= 0.6 is 0 Å². The van der Waals surface area contributed by atoms with Crippen LogP contribution in [0.1, 0.15) is 21.5 Å². The van der Waals surface area contributed by atoms with Crippen molar-refractivity contribution in [3.8, 4) is 11.1 Å². The molecule has 0 radical (unpaired) electrons. The SMILES string of the molecule is Cc1ccc(-c2ccc(C(=O)N(C)c3ncn[nH]3)c(F)c2)cc1C. The first kappa shape index (κ1) is 15.9. The number of amides is 1. The van der Waals surface area contributed by atoms with Gasteiger partial charge in [-0.3, -0.25) is 9.69 Å². The van der Waals surface area contributed by atoms with Gasteiger partial charge in [0, 0.05) is 7.05 Å². The zero-order chi connectivity index (χ0) is 17.3. The Morgan fingerprint density at radius 2 is 1.79 bits per heavy atom. The van der Waals surface area contributed by atoms with Gasteiger partial charge in [-0.05, 0) is 48.2 Å². The Balaban J connectivity index is 1.92. The molecule has 3 rings (SSSR count). The van der Waals surface area contributed by atoms with Gasteiger partial charge in [0.1, 0.15) is 12.1 Å². The summed E-state index contributed by atoms with van der Waals surface area (Å²) in [6.45, 7) is 4.04. The molecule has 0 bridgehead atoms. The normalized spacial score (nSPS) is 10.7. The van der Waals surface area contributed by atoms with Gasteiger partial charge in [-0.2, -0.15) is 10.1 Å². The number of H-pyrrole nitrogens is 1. The number of aromatic nitrogens is 3. The number of benzene rings is 2. The summed E-state index contributed by atoms with van der Waals surface area (Å²) in [6.07, 6.45) is 1.29. The predicted octanol–water partition coefficient (Wildman–Crippen LogP) is 3.50. The van der Waals surface area contributed by atoms with Gasteiger partial charge in [0.05, 0.1) is 5.56 Å². The molecule has 0 saturated heterocycles. The van der Waals surface area contributed by atoms with Crippen molar-refractivity contribution in [3.63, 3.8) is 0 Å². The van der Waals surface area contributed by atoms with E-state index >= 15 is 0 Å². The summed E-state index contributed by atoms with van der Waals surface area (Å²) in [5.41, 5.74) is 3.95. The molecule has 122 valence electrons. The highest BCUT2D eigenvalue weighted by atomic mass is 19.1. The van der Waals surface area contributed by atoms with E-state index in [4.69, 9.17) is 0 Å². The molecule has 2 aromatic carbocycles. The van der Waals surface area contributed by atoms with Crippen LogP contribution in [0.25, 0.3) is 11.1 Å². The van der Waals surface area contributed by atoms with E-state index in [2.05, 4.69) is 15.2 Å². The summed E-state index contributed by atoms with van der Waals surface area (Å²) in [6, 6.07) is 10.6. The summed E-state index contributed by atoms with van der Waals surface area (Å²) >= 11 is 0. The molecule has 0 fully saturated rings. The first-order chi connectivity index (χ1) is 11.5. The van der Waals surface area contributed by atoms with Gasteiger partial charge < -0.3 is 0 Å². The molecule has 24 heavy (non-hydrogen) atoms. The second kappa shape index (κ2) is 6.23. The fourth-order valence-corrected chi connectivity index (χ4v) is 2.43. The van der Waals surface area contributed by atoms with Crippen LogP contribution < -0.4 is 4.90 Å². The smallest absolute Gasteiger partial charge is 0.263 e. The van der Waals surface area contributed by atoms with Crippen molar-refractivity contribution < 1.29 is 9.18 Å². The molecule has 6 heteroatoms. The van der Waals surface area contributed by atoms with Gasteiger partial charge in [0.25, 0.3) is 5.91 Å². The largest absolute Gasteiger partial charge is 0.280 e. The van der Waals surface area contributed by atoms with Crippen molar-refractivity contribution in [2.24, 2.45) is 0 Å². The van der Waals surface area contributed by atoms with E-state index in [0.29, 0.717) is 0 Å². The van der Waals surface area contributed by atoms with Gasteiger partial charge in [-0.25, -0.2) is 9.49 Å². The molecule has 3 aromatic rings. The number of halogens is 1. The molecule has 1 N–H and O–H groups in total. The number of carbonyl (C=O) groups is 1. The maximum atomic E-state index is 14.5. The Morgan fingerprint density at radius 1 is 1.08 bits per heavy atom. The third-order valence-electron chi connectivity index (χ3n) is 4.06. The number of aromatic amines is 1. The van der Waals surface area contributed by atoms with E-state index in [1.807, 2.05) is 32.0 Å². The lowest BCUT2D eigenvalue weighted by molar-refractivity contribution is 0.0987. The van der Waals surface area contributed by atoms with Crippen LogP contribution in [0.2, 0.25) is 0 Å². The minimum atomic E-state index is -0.568. The molecule has 0 unspecified atom stereocenters. The topological polar surface area (TPSA) is 61.9 Å². The van der Waals surface area contributed by atoms with E-state index in [0.717, 1.165) is 16.7 Å². The highest BCUT2D eigenvalue weighted by molar-refractivity contribution is 6.05. The number of carbonyl (C=O) groups excluding carboxylic acids is 1. The maximum absolute atomic E-state index is 14.5. The van der Waals surface area contributed by atoms with E-state index < -0.39 is 11.7 Å². The summed E-state index contributed by atoms with van der Waals surface area (Å²) < 4.78 is 14.5.